The lowest BCUT2D eigenvalue weighted by atomic mass is 10.2. The van der Waals surface area contributed by atoms with E-state index in [1.54, 1.807) is 23.1 Å². The van der Waals surface area contributed by atoms with Crippen molar-refractivity contribution >= 4 is 28.7 Å². The van der Waals surface area contributed by atoms with Crippen molar-refractivity contribution in [2.24, 2.45) is 5.92 Å². The zero-order chi connectivity index (χ0) is 14.7. The average Bonchev–Trinajstić information content (AvgIpc) is 3.07. The Balaban J connectivity index is 1.89. The highest BCUT2D eigenvalue weighted by Crippen LogP contribution is 2.31. The summed E-state index contributed by atoms with van der Waals surface area (Å²) in [4.78, 5) is 9.08. The molecule has 0 radical (unpaired) electrons. The molecule has 0 unspecified atom stereocenters. The van der Waals surface area contributed by atoms with Crippen LogP contribution in [0.1, 0.15) is 19.5 Å². The van der Waals surface area contributed by atoms with Crippen LogP contribution in [0.15, 0.2) is 45.3 Å². The SMILES string of the molecule is CC(C)CNCc1c(Sc2nccs2)nc2ccccn12. The molecule has 0 aliphatic heterocycles. The fraction of sp³-hybridized carbons (Fsp3) is 0.333. The van der Waals surface area contributed by atoms with Gasteiger partial charge < -0.3 is 9.72 Å². The molecule has 0 spiro atoms. The molecule has 0 atom stereocenters. The van der Waals surface area contributed by atoms with Gasteiger partial charge in [0.1, 0.15) is 10.7 Å². The second-order valence-corrected chi connectivity index (χ2v) is 7.35. The Labute approximate surface area is 132 Å². The first-order chi connectivity index (χ1) is 10.2. The van der Waals surface area contributed by atoms with Crippen LogP contribution in [-0.4, -0.2) is 20.9 Å². The molecule has 3 aromatic rings. The lowest BCUT2D eigenvalue weighted by molar-refractivity contribution is 0.544. The highest BCUT2D eigenvalue weighted by Gasteiger charge is 2.14. The van der Waals surface area contributed by atoms with Crippen LogP contribution in [0.3, 0.4) is 0 Å². The molecule has 0 aliphatic carbocycles. The molecule has 3 heterocycles. The minimum atomic E-state index is 0.638. The first-order valence-corrected chi connectivity index (χ1v) is 8.67. The fourth-order valence-electron chi connectivity index (χ4n) is 2.09. The van der Waals surface area contributed by atoms with Crippen LogP contribution in [-0.2, 0) is 6.54 Å². The highest BCUT2D eigenvalue weighted by molar-refractivity contribution is 8.01. The van der Waals surface area contributed by atoms with Gasteiger partial charge in [-0.05, 0) is 36.4 Å². The molecule has 0 saturated carbocycles. The Morgan fingerprint density at radius 1 is 1.38 bits per heavy atom. The fourth-order valence-corrected chi connectivity index (χ4v) is 3.75. The summed E-state index contributed by atoms with van der Waals surface area (Å²) in [6, 6.07) is 6.10. The maximum atomic E-state index is 4.74. The van der Waals surface area contributed by atoms with E-state index in [1.807, 2.05) is 29.8 Å². The Kier molecular flexibility index (Phi) is 4.57. The van der Waals surface area contributed by atoms with E-state index in [1.165, 1.54) is 5.69 Å². The van der Waals surface area contributed by atoms with E-state index in [9.17, 15) is 0 Å². The van der Waals surface area contributed by atoms with Crippen molar-refractivity contribution in [2.75, 3.05) is 6.54 Å². The molecule has 0 bridgehead atoms. The minimum absolute atomic E-state index is 0.638. The van der Waals surface area contributed by atoms with Gasteiger partial charge in [-0.15, -0.1) is 11.3 Å². The van der Waals surface area contributed by atoms with Gasteiger partial charge in [-0.25, -0.2) is 9.97 Å². The molecule has 21 heavy (non-hydrogen) atoms. The van der Waals surface area contributed by atoms with Gasteiger partial charge >= 0.3 is 0 Å². The van der Waals surface area contributed by atoms with Crippen molar-refractivity contribution in [3.8, 4) is 0 Å². The van der Waals surface area contributed by atoms with Gasteiger partial charge in [0.25, 0.3) is 0 Å². The summed E-state index contributed by atoms with van der Waals surface area (Å²) in [5.41, 5.74) is 2.18. The van der Waals surface area contributed by atoms with Crippen molar-refractivity contribution in [2.45, 2.75) is 29.8 Å². The molecule has 110 valence electrons. The summed E-state index contributed by atoms with van der Waals surface area (Å²) in [7, 11) is 0. The number of hydrogen-bond acceptors (Lipinski definition) is 5. The minimum Gasteiger partial charge on any atom is -0.311 e. The summed E-state index contributed by atoms with van der Waals surface area (Å²) < 4.78 is 3.19. The monoisotopic (exact) mass is 318 g/mol. The zero-order valence-corrected chi connectivity index (χ0v) is 13.7. The Bertz CT molecular complexity index is 704. The number of hydrogen-bond donors (Lipinski definition) is 1. The van der Waals surface area contributed by atoms with E-state index in [-0.39, 0.29) is 0 Å². The van der Waals surface area contributed by atoms with Crippen LogP contribution < -0.4 is 5.32 Å². The number of thiazole rings is 1. The quantitative estimate of drug-likeness (QED) is 0.753. The van der Waals surface area contributed by atoms with Gasteiger partial charge in [0.15, 0.2) is 4.34 Å². The highest BCUT2D eigenvalue weighted by atomic mass is 32.2. The summed E-state index contributed by atoms with van der Waals surface area (Å²) in [5, 5.41) is 6.54. The van der Waals surface area contributed by atoms with Gasteiger partial charge in [0, 0.05) is 24.3 Å². The predicted octanol–water partition coefficient (Wildman–Crippen LogP) is 3.69. The van der Waals surface area contributed by atoms with E-state index in [0.29, 0.717) is 5.92 Å². The van der Waals surface area contributed by atoms with Gasteiger partial charge in [0.05, 0.1) is 5.69 Å². The number of rotatable bonds is 6. The van der Waals surface area contributed by atoms with Crippen molar-refractivity contribution < 1.29 is 0 Å². The van der Waals surface area contributed by atoms with Crippen LogP contribution in [0, 0.1) is 5.92 Å². The van der Waals surface area contributed by atoms with E-state index < -0.39 is 0 Å². The Morgan fingerprint density at radius 2 is 2.29 bits per heavy atom. The van der Waals surface area contributed by atoms with Crippen molar-refractivity contribution in [3.63, 3.8) is 0 Å². The molecule has 0 fully saturated rings. The van der Waals surface area contributed by atoms with Gasteiger partial charge in [-0.2, -0.15) is 0 Å². The van der Waals surface area contributed by atoms with Gasteiger partial charge in [-0.1, -0.05) is 19.9 Å². The normalized spacial score (nSPS) is 11.6. The average molecular weight is 318 g/mol. The number of pyridine rings is 1. The number of nitrogens with one attached hydrogen (secondary N) is 1. The molecule has 1 N–H and O–H groups in total. The molecule has 0 aromatic carbocycles. The lowest BCUT2D eigenvalue weighted by Gasteiger charge is -2.08. The first kappa shape index (κ1) is 14.6. The van der Waals surface area contributed by atoms with E-state index in [4.69, 9.17) is 4.98 Å². The smallest absolute Gasteiger partial charge is 0.156 e. The van der Waals surface area contributed by atoms with Crippen molar-refractivity contribution in [1.29, 1.82) is 0 Å². The maximum absolute atomic E-state index is 4.74. The van der Waals surface area contributed by atoms with Crippen LogP contribution in [0.4, 0.5) is 0 Å². The third-order valence-electron chi connectivity index (χ3n) is 3.03. The molecule has 0 saturated heterocycles. The maximum Gasteiger partial charge on any atom is 0.156 e. The molecular weight excluding hydrogens is 300 g/mol. The number of imidazole rings is 1. The molecule has 3 aromatic heterocycles. The third-order valence-corrected chi connectivity index (χ3v) is 4.93. The molecule has 0 aliphatic rings. The zero-order valence-electron chi connectivity index (χ0n) is 12.1. The van der Waals surface area contributed by atoms with Gasteiger partial charge in [-0.3, -0.25) is 0 Å². The summed E-state index contributed by atoms with van der Waals surface area (Å²) in [6.07, 6.45) is 3.90. The van der Waals surface area contributed by atoms with Gasteiger partial charge in [0.2, 0.25) is 0 Å². The second-order valence-electron chi connectivity index (χ2n) is 5.22. The van der Waals surface area contributed by atoms with Crippen LogP contribution in [0.25, 0.3) is 5.65 Å². The number of nitrogens with zero attached hydrogens (tertiary/aromatic N) is 3. The lowest BCUT2D eigenvalue weighted by Crippen LogP contribution is -2.20. The van der Waals surface area contributed by atoms with E-state index in [0.717, 1.165) is 28.1 Å². The standard InChI is InChI=1S/C15H18N4S2/c1-11(2)9-16-10-12-14(21-15-17-6-8-20-15)18-13-5-3-4-7-19(12)13/h3-8,11,16H,9-10H2,1-2H3. The molecular formula is C15H18N4S2. The number of aromatic nitrogens is 3. The van der Waals surface area contributed by atoms with E-state index in [2.05, 4.69) is 34.7 Å². The molecule has 0 amide bonds. The molecule has 6 heteroatoms. The van der Waals surface area contributed by atoms with Crippen LogP contribution in [0.5, 0.6) is 0 Å². The summed E-state index contributed by atoms with van der Waals surface area (Å²) in [6.45, 7) is 6.25. The van der Waals surface area contributed by atoms with Crippen molar-refractivity contribution in [3.05, 3.63) is 41.7 Å². The molecule has 4 nitrogen and oxygen atoms in total. The summed E-state index contributed by atoms with van der Waals surface area (Å²) in [5.74, 6) is 0.638. The largest absolute Gasteiger partial charge is 0.311 e. The van der Waals surface area contributed by atoms with Crippen molar-refractivity contribution in [1.82, 2.24) is 19.7 Å². The molecule has 3 rings (SSSR count). The topological polar surface area (TPSA) is 42.2 Å². The Hall–Kier alpha value is -1.37. The predicted molar refractivity (Wildman–Crippen MR) is 88.0 cm³/mol. The third kappa shape index (κ3) is 3.45. The van der Waals surface area contributed by atoms with Crippen LogP contribution in [0.2, 0.25) is 0 Å². The number of fused-ring (bicyclic) bond motifs is 1. The summed E-state index contributed by atoms with van der Waals surface area (Å²) >= 11 is 3.29. The van der Waals surface area contributed by atoms with Crippen LogP contribution >= 0.6 is 23.1 Å². The first-order valence-electron chi connectivity index (χ1n) is 6.98. The second kappa shape index (κ2) is 6.60. The van der Waals surface area contributed by atoms with E-state index >= 15 is 0 Å². The Morgan fingerprint density at radius 3 is 3.05 bits per heavy atom.